The van der Waals surface area contributed by atoms with Gasteiger partial charge in [-0.3, -0.25) is 10.1 Å². The zero-order valence-electron chi connectivity index (χ0n) is 15.5. The Balaban J connectivity index is 1.52. The first-order valence-electron chi connectivity index (χ1n) is 8.87. The molecule has 0 spiro atoms. The van der Waals surface area contributed by atoms with Gasteiger partial charge in [0.2, 0.25) is 0 Å². The molecule has 3 aromatic rings. The molecule has 2 aromatic heterocycles. The molecule has 0 fully saturated rings. The predicted molar refractivity (Wildman–Crippen MR) is 104 cm³/mol. The molecule has 0 unspecified atom stereocenters. The Bertz CT molecular complexity index is 1040. The number of thiazole rings is 1. The molecule has 1 aliphatic rings. The van der Waals surface area contributed by atoms with Crippen LogP contribution in [0.4, 0.5) is 9.93 Å². The van der Waals surface area contributed by atoms with Crippen molar-refractivity contribution in [2.24, 2.45) is 0 Å². The Kier molecular flexibility index (Phi) is 4.91. The van der Waals surface area contributed by atoms with Gasteiger partial charge in [0.1, 0.15) is 0 Å². The Morgan fingerprint density at radius 1 is 1.39 bits per heavy atom. The number of anilines is 1. The van der Waals surface area contributed by atoms with E-state index in [0.29, 0.717) is 42.6 Å². The van der Waals surface area contributed by atoms with Gasteiger partial charge in [-0.2, -0.15) is 0 Å². The predicted octanol–water partition coefficient (Wildman–Crippen LogP) is 3.66. The van der Waals surface area contributed by atoms with Crippen LogP contribution in [-0.2, 0) is 17.7 Å². The highest BCUT2D eigenvalue weighted by Crippen LogP contribution is 2.31. The monoisotopic (exact) mass is 401 g/mol. The van der Waals surface area contributed by atoms with Crippen molar-refractivity contribution in [2.45, 2.75) is 19.9 Å². The van der Waals surface area contributed by atoms with Crippen molar-refractivity contribution in [3.05, 3.63) is 40.6 Å². The fraction of sp³-hybridized carbons (Fsp3) is 0.316. The van der Waals surface area contributed by atoms with Crippen LogP contribution >= 0.6 is 11.3 Å². The Morgan fingerprint density at radius 3 is 3.04 bits per heavy atom. The average Bonchev–Trinajstić information content (AvgIpc) is 3.31. The molecule has 9 heteroatoms. The summed E-state index contributed by atoms with van der Waals surface area (Å²) in [7, 11) is 1.36. The molecule has 0 radical (unpaired) electrons. The summed E-state index contributed by atoms with van der Waals surface area (Å²) in [6.45, 7) is 3.37. The molecule has 0 aliphatic carbocycles. The van der Waals surface area contributed by atoms with Gasteiger partial charge in [0.15, 0.2) is 22.2 Å². The minimum absolute atomic E-state index is 0.187. The molecule has 4 rings (SSSR count). The van der Waals surface area contributed by atoms with E-state index in [0.717, 1.165) is 16.0 Å². The van der Waals surface area contributed by atoms with Crippen LogP contribution < -0.4 is 10.1 Å². The zero-order valence-corrected chi connectivity index (χ0v) is 16.3. The summed E-state index contributed by atoms with van der Waals surface area (Å²) in [5.41, 5.74) is 1.44. The number of para-hydroxylation sites is 1. The van der Waals surface area contributed by atoms with Crippen molar-refractivity contribution in [3.8, 4) is 5.75 Å². The number of amides is 2. The Hall–Kier alpha value is -3.07. The molecule has 0 saturated heterocycles. The van der Waals surface area contributed by atoms with Crippen molar-refractivity contribution in [1.29, 1.82) is 0 Å². The van der Waals surface area contributed by atoms with E-state index in [1.165, 1.54) is 18.4 Å². The molecule has 0 bridgehead atoms. The van der Waals surface area contributed by atoms with Crippen LogP contribution in [0.25, 0.3) is 11.0 Å². The number of fused-ring (bicyclic) bond motifs is 2. The van der Waals surface area contributed by atoms with Gasteiger partial charge < -0.3 is 18.8 Å². The standard InChI is InChI=1S/C19H19N3O5S/c1-3-26-13-6-4-5-11-9-14(27-16(11)13)17(23)21-18-20-12-7-8-22(19(24)25-2)10-15(12)28-18/h4-6,9H,3,7-8,10H2,1-2H3,(H,20,21,23). The maximum absolute atomic E-state index is 12.6. The maximum atomic E-state index is 12.6. The van der Waals surface area contributed by atoms with Gasteiger partial charge in [0.25, 0.3) is 5.91 Å². The number of ether oxygens (including phenoxy) is 2. The number of aromatic nitrogens is 1. The summed E-state index contributed by atoms with van der Waals surface area (Å²) >= 11 is 1.35. The van der Waals surface area contributed by atoms with Crippen molar-refractivity contribution in [1.82, 2.24) is 9.88 Å². The molecule has 0 atom stereocenters. The molecule has 28 heavy (non-hydrogen) atoms. The number of benzene rings is 1. The van der Waals surface area contributed by atoms with Crippen molar-refractivity contribution in [3.63, 3.8) is 0 Å². The van der Waals surface area contributed by atoms with E-state index in [1.807, 2.05) is 19.1 Å². The minimum Gasteiger partial charge on any atom is -0.490 e. The van der Waals surface area contributed by atoms with Gasteiger partial charge >= 0.3 is 6.09 Å². The largest absolute Gasteiger partial charge is 0.490 e. The number of carbonyl (C=O) groups excluding carboxylic acids is 2. The van der Waals surface area contributed by atoms with Crippen molar-refractivity contribution in [2.75, 3.05) is 25.6 Å². The molecule has 2 amide bonds. The topological polar surface area (TPSA) is 93.9 Å². The first kappa shape index (κ1) is 18.3. The summed E-state index contributed by atoms with van der Waals surface area (Å²) in [5, 5.41) is 4.06. The Labute approximate surface area is 165 Å². The maximum Gasteiger partial charge on any atom is 0.409 e. The number of furan rings is 1. The van der Waals surface area contributed by atoms with Gasteiger partial charge in [-0.15, -0.1) is 0 Å². The van der Waals surface area contributed by atoms with Crippen molar-refractivity contribution >= 4 is 39.4 Å². The first-order valence-corrected chi connectivity index (χ1v) is 9.69. The van der Waals surface area contributed by atoms with Crippen LogP contribution in [-0.4, -0.2) is 42.1 Å². The van der Waals surface area contributed by atoms with Gasteiger partial charge in [0.05, 0.1) is 26.0 Å². The smallest absolute Gasteiger partial charge is 0.409 e. The number of carbonyl (C=O) groups is 2. The first-order chi connectivity index (χ1) is 13.6. The third-order valence-electron chi connectivity index (χ3n) is 4.42. The molecule has 8 nitrogen and oxygen atoms in total. The lowest BCUT2D eigenvalue weighted by molar-refractivity contribution is 0.0998. The highest BCUT2D eigenvalue weighted by atomic mass is 32.1. The van der Waals surface area contributed by atoms with E-state index in [9.17, 15) is 9.59 Å². The zero-order chi connectivity index (χ0) is 19.7. The number of rotatable bonds is 4. The molecule has 146 valence electrons. The van der Waals surface area contributed by atoms with Gasteiger partial charge in [0, 0.05) is 23.2 Å². The molecular weight excluding hydrogens is 382 g/mol. The molecular formula is C19H19N3O5S. The van der Waals surface area contributed by atoms with Crippen LogP contribution in [0.5, 0.6) is 5.75 Å². The second-order valence-corrected chi connectivity index (χ2v) is 7.29. The van der Waals surface area contributed by atoms with E-state index in [2.05, 4.69) is 10.3 Å². The van der Waals surface area contributed by atoms with Crippen LogP contribution in [0.1, 0.15) is 28.0 Å². The third-order valence-corrected chi connectivity index (χ3v) is 5.41. The molecule has 1 N–H and O–H groups in total. The lowest BCUT2D eigenvalue weighted by atomic mass is 10.2. The number of methoxy groups -OCH3 is 1. The van der Waals surface area contributed by atoms with E-state index < -0.39 is 0 Å². The van der Waals surface area contributed by atoms with Crippen LogP contribution in [0.3, 0.4) is 0 Å². The molecule has 3 heterocycles. The van der Waals surface area contributed by atoms with Gasteiger partial charge in [-0.1, -0.05) is 23.5 Å². The minimum atomic E-state index is -0.380. The highest BCUT2D eigenvalue weighted by molar-refractivity contribution is 7.15. The Morgan fingerprint density at radius 2 is 2.25 bits per heavy atom. The third kappa shape index (κ3) is 3.40. The van der Waals surface area contributed by atoms with Crippen molar-refractivity contribution < 1.29 is 23.5 Å². The summed E-state index contributed by atoms with van der Waals surface area (Å²) < 4.78 is 16.0. The molecule has 1 aliphatic heterocycles. The lowest BCUT2D eigenvalue weighted by Gasteiger charge is -2.24. The van der Waals surface area contributed by atoms with E-state index in [-0.39, 0.29) is 17.8 Å². The summed E-state index contributed by atoms with van der Waals surface area (Å²) in [6.07, 6.45) is 0.260. The van der Waals surface area contributed by atoms with Gasteiger partial charge in [-0.25, -0.2) is 9.78 Å². The normalized spacial score (nSPS) is 13.3. The summed E-state index contributed by atoms with van der Waals surface area (Å²) in [5.74, 6) is 0.410. The fourth-order valence-electron chi connectivity index (χ4n) is 3.11. The van der Waals surface area contributed by atoms with E-state index >= 15 is 0 Å². The lowest BCUT2D eigenvalue weighted by Crippen LogP contribution is -2.35. The van der Waals surface area contributed by atoms with Crippen LogP contribution in [0, 0.1) is 0 Å². The fourth-order valence-corrected chi connectivity index (χ4v) is 4.13. The quantitative estimate of drug-likeness (QED) is 0.717. The summed E-state index contributed by atoms with van der Waals surface area (Å²) in [4.78, 5) is 31.4. The second kappa shape index (κ2) is 7.51. The number of nitrogens with one attached hydrogen (secondary N) is 1. The van der Waals surface area contributed by atoms with E-state index in [4.69, 9.17) is 13.9 Å². The number of hydrogen-bond donors (Lipinski definition) is 1. The van der Waals surface area contributed by atoms with Crippen LogP contribution in [0.2, 0.25) is 0 Å². The second-order valence-electron chi connectivity index (χ2n) is 6.20. The average molecular weight is 401 g/mol. The molecule has 0 saturated carbocycles. The van der Waals surface area contributed by atoms with E-state index in [1.54, 1.807) is 17.0 Å². The SMILES string of the molecule is CCOc1cccc2cc(C(=O)Nc3nc4c(s3)CN(C(=O)OC)CC4)oc12. The van der Waals surface area contributed by atoms with Crippen LogP contribution in [0.15, 0.2) is 28.7 Å². The highest BCUT2D eigenvalue weighted by Gasteiger charge is 2.25. The number of hydrogen-bond acceptors (Lipinski definition) is 7. The summed E-state index contributed by atoms with van der Waals surface area (Å²) in [6, 6.07) is 7.20. The van der Waals surface area contributed by atoms with Gasteiger partial charge in [-0.05, 0) is 19.1 Å². The molecule has 1 aromatic carbocycles. The number of nitrogens with zero attached hydrogens (tertiary/aromatic N) is 2.